The van der Waals surface area contributed by atoms with Gasteiger partial charge < -0.3 is 37.2 Å². The predicted molar refractivity (Wildman–Crippen MR) is 140 cm³/mol. The van der Waals surface area contributed by atoms with Crippen LogP contribution in [0.2, 0.25) is 0 Å². The Kier molecular flexibility index (Phi) is 10.5. The second kappa shape index (κ2) is 12.3. The van der Waals surface area contributed by atoms with Gasteiger partial charge in [-0.2, -0.15) is 0 Å². The number of fused-ring (bicyclic) bond motifs is 1. The van der Waals surface area contributed by atoms with Crippen LogP contribution in [0.1, 0.15) is 40.3 Å². The van der Waals surface area contributed by atoms with E-state index >= 15 is 0 Å². The molecule has 0 bridgehead atoms. The molecule has 0 fully saturated rings. The first-order valence-corrected chi connectivity index (χ1v) is 14.5. The minimum absolute atomic E-state index is 0. The molecule has 0 radical (unpaired) electrons. The summed E-state index contributed by atoms with van der Waals surface area (Å²) in [7, 11) is -2.50. The molecular formula is C31H29Cl3SiTi. The van der Waals surface area contributed by atoms with Crippen LogP contribution in [-0.4, -0.2) is 8.07 Å². The number of allylic oxidation sites excluding steroid dienone is 1. The number of hydrogen-bond acceptors (Lipinski definition) is 0. The normalized spacial score (nSPS) is 14.3. The Balaban J connectivity index is 0.00000152. The Morgan fingerprint density at radius 2 is 0.972 bits per heavy atom. The predicted octanol–water partition coefficient (Wildman–Crippen LogP) is -3.29. The van der Waals surface area contributed by atoms with E-state index in [1.165, 1.54) is 52.8 Å². The minimum Gasteiger partial charge on any atom is -1.00 e. The molecule has 0 N–H and O–H groups in total. The average molecular weight is 584 g/mol. The largest absolute Gasteiger partial charge is 1.00 e. The van der Waals surface area contributed by atoms with Crippen LogP contribution in [0.4, 0.5) is 0 Å². The van der Waals surface area contributed by atoms with Crippen molar-refractivity contribution in [1.82, 2.24) is 0 Å². The summed E-state index contributed by atoms with van der Waals surface area (Å²) in [6.07, 6.45) is 0. The molecule has 0 saturated heterocycles. The first-order valence-electron chi connectivity index (χ1n) is 11.7. The molecule has 0 spiro atoms. The van der Waals surface area contributed by atoms with Gasteiger partial charge in [-0.25, -0.2) is 0 Å². The molecule has 0 aromatic heterocycles. The van der Waals surface area contributed by atoms with E-state index in [0.717, 1.165) is 0 Å². The number of halogens is 3. The van der Waals surface area contributed by atoms with Gasteiger partial charge in [0.25, 0.3) is 0 Å². The zero-order chi connectivity index (χ0) is 23.2. The van der Waals surface area contributed by atoms with Crippen LogP contribution in [-0.2, 0) is 20.4 Å². The van der Waals surface area contributed by atoms with Gasteiger partial charge in [0.2, 0.25) is 0 Å². The molecule has 0 amide bonds. The number of aryl methyl sites for hydroxylation is 3. The third-order valence-electron chi connectivity index (χ3n) is 7.22. The molecule has 0 heterocycles. The molecule has 1 unspecified atom stereocenters. The van der Waals surface area contributed by atoms with E-state index in [2.05, 4.69) is 145 Å². The van der Waals surface area contributed by atoms with Crippen molar-refractivity contribution in [1.29, 1.82) is 0 Å². The van der Waals surface area contributed by atoms with E-state index in [1.54, 1.807) is 0 Å². The van der Waals surface area contributed by atoms with Gasteiger partial charge in [0.15, 0.2) is 0 Å². The standard InChI is InChI=1S/C31H29Si.3ClH.Ti/c1-22-10-7-14-27(18-22)32(28-15-8-11-23(2)19-28,29-16-9-12-24(3)20-29)31-25(4)21-26-13-5-6-17-30(26)31;;;;/h5-20,31H,1-4H3;3*1H;/q;;;;+3/p-3. The van der Waals surface area contributed by atoms with Crippen molar-refractivity contribution < 1.29 is 57.7 Å². The molecule has 5 heteroatoms. The maximum atomic E-state index is 2.46. The first-order chi connectivity index (χ1) is 15.9. The number of benzene rings is 4. The Hall–Kier alpha value is -1.58. The van der Waals surface area contributed by atoms with Gasteiger partial charge in [0, 0.05) is 0 Å². The summed E-state index contributed by atoms with van der Waals surface area (Å²) >= 11 is 2.32. The summed E-state index contributed by atoms with van der Waals surface area (Å²) < 4.78 is 1.44. The van der Waals surface area contributed by atoms with Crippen molar-refractivity contribution in [3.63, 3.8) is 0 Å². The maximum Gasteiger partial charge on any atom is -1.00 e. The fourth-order valence-electron chi connectivity index (χ4n) is 5.80. The zero-order valence-corrected chi connectivity index (χ0v) is 25.8. The molecule has 36 heavy (non-hydrogen) atoms. The molecule has 0 aliphatic heterocycles. The summed E-state index contributed by atoms with van der Waals surface area (Å²) in [6, 6.07) is 37.1. The fourth-order valence-corrected chi connectivity index (χ4v) is 12.6. The van der Waals surface area contributed by atoms with Crippen LogP contribution < -0.4 is 52.8 Å². The van der Waals surface area contributed by atoms with E-state index in [9.17, 15) is 0 Å². The van der Waals surface area contributed by atoms with Crippen LogP contribution in [0.3, 0.4) is 0 Å². The molecule has 4 aromatic rings. The summed E-state index contributed by atoms with van der Waals surface area (Å²) in [5.41, 5.74) is 8.78. The van der Waals surface area contributed by atoms with Crippen LogP contribution in [0.25, 0.3) is 3.88 Å². The first kappa shape index (κ1) is 30.6. The Morgan fingerprint density at radius 1 is 0.556 bits per heavy atom. The van der Waals surface area contributed by atoms with Gasteiger partial charge in [-0.15, -0.1) is 0 Å². The third-order valence-corrected chi connectivity index (χ3v) is 13.5. The third kappa shape index (κ3) is 5.07. The fraction of sp³-hybridized carbons (Fsp3) is 0.161. The molecule has 1 aliphatic rings. The van der Waals surface area contributed by atoms with Gasteiger partial charge >= 0.3 is 212 Å². The van der Waals surface area contributed by atoms with Crippen molar-refractivity contribution in [2.24, 2.45) is 0 Å². The monoisotopic (exact) mass is 582 g/mol. The second-order valence-corrected chi connectivity index (χ2v) is 14.2. The van der Waals surface area contributed by atoms with E-state index in [-0.39, 0.29) is 37.2 Å². The molecular weight excluding hydrogens is 555 g/mol. The Labute approximate surface area is 247 Å². The van der Waals surface area contributed by atoms with Gasteiger partial charge in [0.05, 0.1) is 0 Å². The van der Waals surface area contributed by atoms with Crippen LogP contribution in [0.5, 0.6) is 0 Å². The molecule has 4 aromatic carbocycles. The number of rotatable bonds is 4. The molecule has 182 valence electrons. The van der Waals surface area contributed by atoms with E-state index in [4.69, 9.17) is 0 Å². The summed E-state index contributed by atoms with van der Waals surface area (Å²) in [4.78, 5) is 0. The summed E-state index contributed by atoms with van der Waals surface area (Å²) in [5.74, 6) is 0. The smallest absolute Gasteiger partial charge is 1.00 e. The van der Waals surface area contributed by atoms with Crippen LogP contribution in [0.15, 0.2) is 103 Å². The van der Waals surface area contributed by atoms with Gasteiger partial charge in [-0.3, -0.25) is 0 Å². The van der Waals surface area contributed by atoms with Crippen LogP contribution >= 0.6 is 0 Å². The van der Waals surface area contributed by atoms with Crippen molar-refractivity contribution >= 4 is 27.5 Å². The molecule has 0 nitrogen and oxygen atoms in total. The van der Waals surface area contributed by atoms with E-state index in [1.807, 2.05) is 0 Å². The van der Waals surface area contributed by atoms with Crippen LogP contribution in [0, 0.1) is 20.8 Å². The topological polar surface area (TPSA) is 0 Å². The van der Waals surface area contributed by atoms with E-state index < -0.39 is 8.07 Å². The summed E-state index contributed by atoms with van der Waals surface area (Å²) in [6.45, 7) is 9.06. The zero-order valence-electron chi connectivity index (χ0n) is 20.9. The second-order valence-electron chi connectivity index (χ2n) is 9.49. The maximum absolute atomic E-state index is 2.50. The molecule has 1 aliphatic carbocycles. The number of hydrogen-bond donors (Lipinski definition) is 0. The van der Waals surface area contributed by atoms with Gasteiger partial charge in [0.1, 0.15) is 0 Å². The molecule has 0 saturated carbocycles. The van der Waals surface area contributed by atoms with Crippen molar-refractivity contribution in [2.75, 3.05) is 0 Å². The molecule has 1 atom stereocenters. The van der Waals surface area contributed by atoms with Gasteiger partial charge in [-0.05, 0) is 0 Å². The quantitative estimate of drug-likeness (QED) is 0.175. The van der Waals surface area contributed by atoms with Crippen molar-refractivity contribution in [3.8, 4) is 0 Å². The average Bonchev–Trinajstić information content (AvgIpc) is 3.06. The minimum atomic E-state index is -2.50. The Morgan fingerprint density at radius 3 is 1.39 bits per heavy atom. The van der Waals surface area contributed by atoms with E-state index in [0.29, 0.717) is 5.54 Å². The Bertz CT molecular complexity index is 1290. The van der Waals surface area contributed by atoms with Crippen molar-refractivity contribution in [3.05, 3.63) is 130 Å². The SMILES string of the molecule is CC1=[C]([Ti+3])c2ccccc2C1[Si](c1cccc(C)c1)(c1cccc(C)c1)c1cccc(C)c1.[Cl-].[Cl-].[Cl-]. The van der Waals surface area contributed by atoms with Gasteiger partial charge in [-0.1, -0.05) is 0 Å². The molecule has 5 rings (SSSR count). The van der Waals surface area contributed by atoms with Crippen molar-refractivity contribution in [2.45, 2.75) is 33.2 Å². The summed E-state index contributed by atoms with van der Waals surface area (Å²) in [5, 5.41) is 4.48.